The molecule has 0 bridgehead atoms. The van der Waals surface area contributed by atoms with Gasteiger partial charge in [0.2, 0.25) is 0 Å². The molecule has 1 unspecified atom stereocenters. The molecule has 0 aromatic carbocycles. The van der Waals surface area contributed by atoms with Crippen molar-refractivity contribution in [2.24, 2.45) is 5.73 Å². The summed E-state index contributed by atoms with van der Waals surface area (Å²) >= 11 is 0. The second-order valence-corrected chi connectivity index (χ2v) is 3.55. The van der Waals surface area contributed by atoms with Crippen LogP contribution in [0.25, 0.3) is 0 Å². The molecule has 14 heavy (non-hydrogen) atoms. The van der Waals surface area contributed by atoms with Crippen molar-refractivity contribution in [2.75, 3.05) is 6.61 Å². The third-order valence-electron chi connectivity index (χ3n) is 0.949. The lowest BCUT2D eigenvalue weighted by Gasteiger charge is -2.12. The zero-order valence-electron chi connectivity index (χ0n) is 7.24. The van der Waals surface area contributed by atoms with Crippen LogP contribution in [0, 0.1) is 0 Å². The summed E-state index contributed by atoms with van der Waals surface area (Å²) in [6.07, 6.45) is 0. The smallest absolute Gasteiger partial charge is 0.394 e. The van der Waals surface area contributed by atoms with E-state index in [1.165, 1.54) is 0 Å². The fourth-order valence-electron chi connectivity index (χ4n) is 0.437. The molecule has 0 fully saturated rings. The van der Waals surface area contributed by atoms with Crippen molar-refractivity contribution in [1.29, 1.82) is 0 Å². The summed E-state index contributed by atoms with van der Waals surface area (Å²) in [5.74, 6) is -2.42. The van der Waals surface area contributed by atoms with E-state index in [9.17, 15) is 14.2 Å². The summed E-state index contributed by atoms with van der Waals surface area (Å²) in [6, 6.07) is -1.45. The fraction of sp³-hybridized carbons (Fsp3) is 0.600. The molecule has 8 nitrogen and oxygen atoms in total. The highest BCUT2D eigenvalue weighted by Crippen LogP contribution is 2.43. The minimum absolute atomic E-state index is 0.751. The number of rotatable bonds is 4. The molecule has 0 aromatic heterocycles. The maximum atomic E-state index is 10.8. The second-order valence-electron chi connectivity index (χ2n) is 2.25. The van der Waals surface area contributed by atoms with Crippen molar-refractivity contribution < 1.29 is 33.2 Å². The molecule has 82 valence electrons. The van der Waals surface area contributed by atoms with Crippen molar-refractivity contribution >= 4 is 19.8 Å². The molecular weight excluding hydrogens is 217 g/mol. The van der Waals surface area contributed by atoms with Gasteiger partial charge >= 0.3 is 19.8 Å². The van der Waals surface area contributed by atoms with Gasteiger partial charge in [-0.05, 0) is 0 Å². The zero-order chi connectivity index (χ0) is 11.4. The Morgan fingerprint density at radius 2 is 2.00 bits per heavy atom. The molecule has 0 saturated heterocycles. The third-order valence-corrected chi connectivity index (χ3v) is 1.85. The van der Waals surface area contributed by atoms with Gasteiger partial charge < -0.3 is 19.9 Å². The van der Waals surface area contributed by atoms with Gasteiger partial charge in [-0.15, -0.1) is 0 Å². The first-order valence-corrected chi connectivity index (χ1v) is 4.91. The van der Waals surface area contributed by atoms with Gasteiger partial charge in [0.25, 0.3) is 0 Å². The lowest BCUT2D eigenvalue weighted by atomic mass is 10.3. The van der Waals surface area contributed by atoms with Gasteiger partial charge in [0.15, 0.2) is 0 Å². The summed E-state index contributed by atoms with van der Waals surface area (Å²) in [6.45, 7) is 0.113. The highest BCUT2D eigenvalue weighted by Gasteiger charge is 2.31. The first-order chi connectivity index (χ1) is 6.28. The molecule has 0 aliphatic carbocycles. The molecule has 0 amide bonds. The standard InChI is InChI=1S/C5H10NO7P/c1-3(8)12-14(10,11)13-5(9)4(6)2-7/h4,7H,2,6H2,1H3,(H,10,11)/t4-/m0/s1. The Morgan fingerprint density at radius 3 is 2.36 bits per heavy atom. The van der Waals surface area contributed by atoms with E-state index in [0.29, 0.717) is 0 Å². The van der Waals surface area contributed by atoms with Gasteiger partial charge in [0, 0.05) is 6.92 Å². The molecule has 0 rings (SSSR count). The van der Waals surface area contributed by atoms with Gasteiger partial charge in [-0.2, -0.15) is 0 Å². The van der Waals surface area contributed by atoms with E-state index < -0.39 is 32.4 Å². The van der Waals surface area contributed by atoms with Gasteiger partial charge in [-0.3, -0.25) is 9.69 Å². The monoisotopic (exact) mass is 227 g/mol. The lowest BCUT2D eigenvalue weighted by molar-refractivity contribution is -0.140. The Labute approximate surface area is 79.2 Å². The van der Waals surface area contributed by atoms with Crippen molar-refractivity contribution in [3.05, 3.63) is 0 Å². The van der Waals surface area contributed by atoms with Gasteiger partial charge in [-0.25, -0.2) is 9.36 Å². The molecule has 0 radical (unpaired) electrons. The zero-order valence-corrected chi connectivity index (χ0v) is 8.14. The van der Waals surface area contributed by atoms with Crippen LogP contribution >= 0.6 is 7.82 Å². The molecule has 0 aliphatic heterocycles. The van der Waals surface area contributed by atoms with Crippen LogP contribution in [0.5, 0.6) is 0 Å². The molecule has 4 N–H and O–H groups in total. The maximum absolute atomic E-state index is 10.8. The predicted octanol–water partition coefficient (Wildman–Crippen LogP) is -1.49. The van der Waals surface area contributed by atoms with Crippen molar-refractivity contribution in [2.45, 2.75) is 13.0 Å². The van der Waals surface area contributed by atoms with Crippen molar-refractivity contribution in [1.82, 2.24) is 0 Å². The number of phosphoric ester groups is 1. The second kappa shape index (κ2) is 5.06. The SMILES string of the molecule is CC(=O)OP(=O)(O)OC(=O)[C@@H](N)CO. The number of nitrogens with two attached hydrogens (primary N) is 1. The first-order valence-electron chi connectivity index (χ1n) is 3.41. The topological polar surface area (TPSA) is 136 Å². The molecule has 0 saturated carbocycles. The average Bonchev–Trinajstić information content (AvgIpc) is 1.99. The molecule has 0 aliphatic rings. The van der Waals surface area contributed by atoms with Crippen LogP contribution in [0.1, 0.15) is 6.92 Å². The summed E-state index contributed by atoms with van der Waals surface area (Å²) in [5.41, 5.74) is 4.96. The number of hydrogen-bond acceptors (Lipinski definition) is 7. The summed E-state index contributed by atoms with van der Waals surface area (Å²) in [4.78, 5) is 29.7. The van der Waals surface area contributed by atoms with Crippen LogP contribution in [0.15, 0.2) is 0 Å². The Bertz CT molecular complexity index is 277. The Hall–Kier alpha value is -0.950. The molecule has 0 spiro atoms. The number of carbonyl (C=O) groups is 2. The van der Waals surface area contributed by atoms with E-state index in [1.807, 2.05) is 0 Å². The maximum Gasteiger partial charge on any atom is 0.589 e. The fourth-order valence-corrected chi connectivity index (χ4v) is 1.16. The molecule has 0 aromatic rings. The van der Waals surface area contributed by atoms with Gasteiger partial charge in [-0.1, -0.05) is 0 Å². The number of carbonyl (C=O) groups excluding carboxylic acids is 2. The van der Waals surface area contributed by atoms with Crippen LogP contribution in [0.2, 0.25) is 0 Å². The molecular formula is C5H10NO7P. The Morgan fingerprint density at radius 1 is 1.50 bits per heavy atom. The summed E-state index contributed by atoms with van der Waals surface area (Å²) in [7, 11) is -4.76. The predicted molar refractivity (Wildman–Crippen MR) is 42.7 cm³/mol. The quantitative estimate of drug-likeness (QED) is 0.494. The van der Waals surface area contributed by atoms with Crippen molar-refractivity contribution in [3.8, 4) is 0 Å². The van der Waals surface area contributed by atoms with Crippen molar-refractivity contribution in [3.63, 3.8) is 0 Å². The van der Waals surface area contributed by atoms with E-state index in [4.69, 9.17) is 15.7 Å². The van der Waals surface area contributed by atoms with E-state index in [-0.39, 0.29) is 0 Å². The molecule has 9 heteroatoms. The number of aliphatic hydroxyl groups excluding tert-OH is 1. The third kappa shape index (κ3) is 4.93. The minimum Gasteiger partial charge on any atom is -0.394 e. The largest absolute Gasteiger partial charge is 0.589 e. The number of hydrogen-bond donors (Lipinski definition) is 3. The van der Waals surface area contributed by atoms with Gasteiger partial charge in [0.1, 0.15) is 6.04 Å². The highest BCUT2D eigenvalue weighted by molar-refractivity contribution is 7.48. The van der Waals surface area contributed by atoms with Gasteiger partial charge in [0.05, 0.1) is 6.61 Å². The minimum atomic E-state index is -4.76. The number of phosphoric acid groups is 1. The van der Waals surface area contributed by atoms with E-state index >= 15 is 0 Å². The van der Waals surface area contributed by atoms with Crippen LogP contribution in [-0.4, -0.2) is 34.6 Å². The van der Waals surface area contributed by atoms with Crippen LogP contribution in [0.3, 0.4) is 0 Å². The van der Waals surface area contributed by atoms with E-state index in [0.717, 1.165) is 6.92 Å². The summed E-state index contributed by atoms with van der Waals surface area (Å²) < 4.78 is 18.4. The normalized spacial score (nSPS) is 16.6. The van der Waals surface area contributed by atoms with E-state index in [2.05, 4.69) is 9.05 Å². The lowest BCUT2D eigenvalue weighted by Crippen LogP contribution is -2.35. The first kappa shape index (κ1) is 13.1. The highest BCUT2D eigenvalue weighted by atomic mass is 31.2. The van der Waals surface area contributed by atoms with Crippen LogP contribution < -0.4 is 5.73 Å². The number of aliphatic hydroxyl groups is 1. The Kier molecular flexibility index (Phi) is 4.72. The Balaban J connectivity index is 4.29. The van der Waals surface area contributed by atoms with E-state index in [1.54, 1.807) is 0 Å². The van der Waals surface area contributed by atoms with Crippen LogP contribution in [-0.2, 0) is 23.2 Å². The average molecular weight is 227 g/mol. The summed E-state index contributed by atoms with van der Waals surface area (Å²) in [5, 5.41) is 8.38. The molecule has 0 heterocycles. The molecule has 2 atom stereocenters. The van der Waals surface area contributed by atoms with Crippen LogP contribution in [0.4, 0.5) is 0 Å².